The molecule has 0 amide bonds. The summed E-state index contributed by atoms with van der Waals surface area (Å²) in [6.45, 7) is 0. The Morgan fingerprint density at radius 3 is 2.21 bits per heavy atom. The van der Waals surface area contributed by atoms with Crippen molar-refractivity contribution in [2.75, 3.05) is 0 Å². The van der Waals surface area contributed by atoms with Crippen LogP contribution in [0, 0.1) is 5.92 Å². The van der Waals surface area contributed by atoms with Crippen molar-refractivity contribution >= 4 is 5.97 Å². The van der Waals surface area contributed by atoms with Gasteiger partial charge in [0.15, 0.2) is 0 Å². The van der Waals surface area contributed by atoms with Crippen molar-refractivity contribution < 1.29 is 9.53 Å². The van der Waals surface area contributed by atoms with Crippen LogP contribution in [0.1, 0.15) is 57.4 Å². The first kappa shape index (κ1) is 12.8. The minimum absolute atomic E-state index is 0.0675. The van der Waals surface area contributed by atoms with Crippen molar-refractivity contribution in [3.05, 3.63) is 24.5 Å². The molecule has 0 unspecified atom stereocenters. The van der Waals surface area contributed by atoms with E-state index in [9.17, 15) is 4.79 Å². The van der Waals surface area contributed by atoms with Crippen molar-refractivity contribution in [2.24, 2.45) is 5.92 Å². The zero-order valence-electron chi connectivity index (χ0n) is 11.5. The third-order valence-electron chi connectivity index (χ3n) is 4.66. The van der Waals surface area contributed by atoms with E-state index in [0.717, 1.165) is 38.5 Å². The lowest BCUT2D eigenvalue weighted by Crippen LogP contribution is -2.27. The van der Waals surface area contributed by atoms with E-state index in [1.165, 1.54) is 12.8 Å². The second-order valence-corrected chi connectivity index (χ2v) is 5.98. The van der Waals surface area contributed by atoms with Crippen LogP contribution in [-0.2, 0) is 9.53 Å². The van der Waals surface area contributed by atoms with E-state index in [1.807, 2.05) is 0 Å². The zero-order chi connectivity index (χ0) is 13.1. The SMILES string of the molecule is O=C(OC1CCCC1)C1CCC(n2cccc2)CC1. The molecule has 104 valence electrons. The molecule has 2 fully saturated rings. The molecule has 1 aromatic heterocycles. The summed E-state index contributed by atoms with van der Waals surface area (Å²) in [6.07, 6.45) is 13.2. The van der Waals surface area contributed by atoms with Crippen LogP contribution >= 0.6 is 0 Å². The zero-order valence-corrected chi connectivity index (χ0v) is 11.5. The Labute approximate surface area is 114 Å². The van der Waals surface area contributed by atoms with E-state index in [4.69, 9.17) is 4.74 Å². The van der Waals surface area contributed by atoms with Gasteiger partial charge in [0.2, 0.25) is 0 Å². The molecule has 0 bridgehead atoms. The minimum Gasteiger partial charge on any atom is -0.462 e. The molecule has 3 nitrogen and oxygen atoms in total. The molecule has 2 saturated carbocycles. The van der Waals surface area contributed by atoms with Gasteiger partial charge >= 0.3 is 5.97 Å². The average molecular weight is 261 g/mol. The normalized spacial score (nSPS) is 28.4. The smallest absolute Gasteiger partial charge is 0.309 e. The second kappa shape index (κ2) is 5.81. The first-order valence-electron chi connectivity index (χ1n) is 7.66. The molecule has 0 N–H and O–H groups in total. The van der Waals surface area contributed by atoms with Crippen LogP contribution in [0.4, 0.5) is 0 Å². The number of rotatable bonds is 3. The highest BCUT2D eigenvalue weighted by molar-refractivity contribution is 5.72. The van der Waals surface area contributed by atoms with Gasteiger partial charge in [0, 0.05) is 18.4 Å². The summed E-state index contributed by atoms with van der Waals surface area (Å²) < 4.78 is 7.91. The summed E-state index contributed by atoms with van der Waals surface area (Å²) in [6, 6.07) is 4.71. The van der Waals surface area contributed by atoms with Gasteiger partial charge in [-0.1, -0.05) is 0 Å². The van der Waals surface area contributed by atoms with Crippen LogP contribution in [0.15, 0.2) is 24.5 Å². The van der Waals surface area contributed by atoms with Crippen LogP contribution in [0.3, 0.4) is 0 Å². The lowest BCUT2D eigenvalue weighted by atomic mass is 9.86. The number of carbonyl (C=O) groups excluding carboxylic acids is 1. The minimum atomic E-state index is 0.0675. The summed E-state index contributed by atoms with van der Waals surface area (Å²) >= 11 is 0. The molecule has 19 heavy (non-hydrogen) atoms. The molecule has 2 aliphatic rings. The van der Waals surface area contributed by atoms with Gasteiger partial charge in [-0.2, -0.15) is 0 Å². The fourth-order valence-corrected chi connectivity index (χ4v) is 3.47. The Balaban J connectivity index is 1.48. The Kier molecular flexibility index (Phi) is 3.90. The molecule has 0 spiro atoms. The number of hydrogen-bond donors (Lipinski definition) is 0. The third kappa shape index (κ3) is 3.02. The van der Waals surface area contributed by atoms with E-state index in [-0.39, 0.29) is 18.0 Å². The van der Waals surface area contributed by atoms with Gasteiger partial charge in [0.25, 0.3) is 0 Å². The molecule has 0 aromatic carbocycles. The molecular formula is C16H23NO2. The van der Waals surface area contributed by atoms with Crippen LogP contribution < -0.4 is 0 Å². The van der Waals surface area contributed by atoms with E-state index >= 15 is 0 Å². The van der Waals surface area contributed by atoms with Crippen LogP contribution in [0.2, 0.25) is 0 Å². The van der Waals surface area contributed by atoms with E-state index in [2.05, 4.69) is 29.1 Å². The number of ether oxygens (including phenoxy) is 1. The number of nitrogens with zero attached hydrogens (tertiary/aromatic N) is 1. The van der Waals surface area contributed by atoms with Crippen LogP contribution in [0.5, 0.6) is 0 Å². The lowest BCUT2D eigenvalue weighted by Gasteiger charge is -2.29. The number of aromatic nitrogens is 1. The molecule has 2 aliphatic carbocycles. The lowest BCUT2D eigenvalue weighted by molar-refractivity contribution is -0.155. The molecule has 0 saturated heterocycles. The number of carbonyl (C=O) groups is 1. The predicted octanol–water partition coefficient (Wildman–Crippen LogP) is 3.71. The number of esters is 1. The van der Waals surface area contributed by atoms with Gasteiger partial charge in [-0.15, -0.1) is 0 Å². The summed E-state index contributed by atoms with van der Waals surface area (Å²) in [5, 5.41) is 0. The summed E-state index contributed by atoms with van der Waals surface area (Å²) in [7, 11) is 0. The highest BCUT2D eigenvalue weighted by Gasteiger charge is 2.30. The molecule has 1 aromatic rings. The number of hydrogen-bond acceptors (Lipinski definition) is 2. The third-order valence-corrected chi connectivity index (χ3v) is 4.66. The van der Waals surface area contributed by atoms with Gasteiger partial charge in [0.05, 0.1) is 5.92 Å². The fraction of sp³-hybridized carbons (Fsp3) is 0.688. The van der Waals surface area contributed by atoms with Crippen molar-refractivity contribution in [1.82, 2.24) is 4.57 Å². The predicted molar refractivity (Wildman–Crippen MR) is 73.8 cm³/mol. The summed E-state index contributed by atoms with van der Waals surface area (Å²) in [4.78, 5) is 12.1. The molecular weight excluding hydrogens is 238 g/mol. The first-order valence-corrected chi connectivity index (χ1v) is 7.66. The molecule has 0 aliphatic heterocycles. The van der Waals surface area contributed by atoms with Crippen molar-refractivity contribution in [3.63, 3.8) is 0 Å². The monoisotopic (exact) mass is 261 g/mol. The Bertz CT molecular complexity index is 398. The molecule has 0 radical (unpaired) electrons. The Morgan fingerprint density at radius 1 is 0.947 bits per heavy atom. The van der Waals surface area contributed by atoms with E-state index < -0.39 is 0 Å². The van der Waals surface area contributed by atoms with Gasteiger partial charge < -0.3 is 9.30 Å². The van der Waals surface area contributed by atoms with Crippen molar-refractivity contribution in [3.8, 4) is 0 Å². The average Bonchev–Trinajstić information content (AvgIpc) is 3.12. The maximum atomic E-state index is 12.1. The van der Waals surface area contributed by atoms with E-state index in [1.54, 1.807) is 0 Å². The van der Waals surface area contributed by atoms with Crippen molar-refractivity contribution in [2.45, 2.75) is 63.5 Å². The maximum Gasteiger partial charge on any atom is 0.309 e. The standard InChI is InChI=1S/C16H23NO2/c18-16(19-15-5-1-2-6-15)13-7-9-14(10-8-13)17-11-3-4-12-17/h3-4,11-15H,1-2,5-10H2. The first-order chi connectivity index (χ1) is 9.33. The highest BCUT2D eigenvalue weighted by Crippen LogP contribution is 2.33. The Morgan fingerprint density at radius 2 is 1.58 bits per heavy atom. The molecule has 1 heterocycles. The van der Waals surface area contributed by atoms with Gasteiger partial charge in [0.1, 0.15) is 6.10 Å². The maximum absolute atomic E-state index is 12.1. The highest BCUT2D eigenvalue weighted by atomic mass is 16.5. The van der Waals surface area contributed by atoms with Gasteiger partial charge in [-0.05, 0) is 63.5 Å². The molecule has 3 heteroatoms. The fourth-order valence-electron chi connectivity index (χ4n) is 3.47. The second-order valence-electron chi connectivity index (χ2n) is 5.98. The summed E-state index contributed by atoms with van der Waals surface area (Å²) in [5.74, 6) is 0.213. The van der Waals surface area contributed by atoms with E-state index in [0.29, 0.717) is 6.04 Å². The van der Waals surface area contributed by atoms with Crippen molar-refractivity contribution in [1.29, 1.82) is 0 Å². The van der Waals surface area contributed by atoms with Gasteiger partial charge in [-0.3, -0.25) is 4.79 Å². The van der Waals surface area contributed by atoms with Crippen LogP contribution in [0.25, 0.3) is 0 Å². The Hall–Kier alpha value is -1.25. The molecule has 3 rings (SSSR count). The van der Waals surface area contributed by atoms with Crippen LogP contribution in [-0.4, -0.2) is 16.6 Å². The quantitative estimate of drug-likeness (QED) is 0.777. The molecule has 0 atom stereocenters. The van der Waals surface area contributed by atoms with Gasteiger partial charge in [-0.25, -0.2) is 0 Å². The summed E-state index contributed by atoms with van der Waals surface area (Å²) in [5.41, 5.74) is 0. The topological polar surface area (TPSA) is 31.2 Å². The largest absolute Gasteiger partial charge is 0.462 e.